The predicted octanol–water partition coefficient (Wildman–Crippen LogP) is -1.50. The molecule has 0 bridgehead atoms. The van der Waals surface area contributed by atoms with E-state index in [1.165, 1.54) is 13.1 Å². The number of hydrogen-bond acceptors (Lipinski definition) is 2. The van der Waals surface area contributed by atoms with E-state index in [0.29, 0.717) is 0 Å². The molecule has 2 nitrogen and oxygen atoms in total. The van der Waals surface area contributed by atoms with Gasteiger partial charge in [-0.15, -0.1) is 0 Å². The Labute approximate surface area is 34.9 Å². The van der Waals surface area contributed by atoms with Crippen molar-refractivity contribution in [3.63, 3.8) is 0 Å². The van der Waals surface area contributed by atoms with Crippen LogP contribution in [-0.2, 0) is 4.79 Å². The first-order valence-corrected chi connectivity index (χ1v) is 0.875. The number of carbonyl (C=O) groups excluding carboxylic acids is 1. The average Bonchev–Trinajstić information content (AvgIpc) is 1.37. The van der Waals surface area contributed by atoms with Crippen LogP contribution in [0.5, 0.6) is 0 Å². The van der Waals surface area contributed by atoms with Crippen LogP contribution >= 0.6 is 0 Å². The first kappa shape index (κ1) is 8.82. The summed E-state index contributed by atoms with van der Waals surface area (Å²) in [6.07, 6.45) is 1.31. The van der Waals surface area contributed by atoms with Gasteiger partial charge in [-0.2, -0.15) is 0 Å². The molecule has 5 heavy (non-hydrogen) atoms. The summed E-state index contributed by atoms with van der Waals surface area (Å²) in [4.78, 5) is 11.8. The third-order valence-corrected chi connectivity index (χ3v) is 0.0913. The molecule has 0 aliphatic heterocycles. The van der Waals surface area contributed by atoms with Gasteiger partial charge >= 0.3 is 0 Å². The van der Waals surface area contributed by atoms with Crippen LogP contribution in [0.15, 0.2) is 4.99 Å². The first-order chi connectivity index (χ1) is 1.91. The maximum Gasteiger partial charge on any atom is 0.234 e. The SMILES string of the molecule is CN=C=O.[SiH4]. The Kier molecular flexibility index (Phi) is 16.8. The second-order valence-electron chi connectivity index (χ2n) is 0.315. The van der Waals surface area contributed by atoms with E-state index in [2.05, 4.69) is 4.99 Å². The minimum Gasteiger partial charge on any atom is -0.211 e. The summed E-state index contributed by atoms with van der Waals surface area (Å²) < 4.78 is 0. The lowest BCUT2D eigenvalue weighted by atomic mass is 11.4. The molecule has 0 unspecified atom stereocenters. The lowest BCUT2D eigenvalue weighted by molar-refractivity contribution is 0.564. The molecule has 0 atom stereocenters. The van der Waals surface area contributed by atoms with Crippen molar-refractivity contribution >= 4 is 17.0 Å². The number of rotatable bonds is 0. The van der Waals surface area contributed by atoms with Crippen LogP contribution in [0.2, 0.25) is 0 Å². The highest BCUT2D eigenvalue weighted by Gasteiger charge is 1.29. The Morgan fingerprint density at radius 1 is 1.80 bits per heavy atom. The molecular weight excluding hydrogens is 82.1 g/mol. The van der Waals surface area contributed by atoms with Gasteiger partial charge in [-0.3, -0.25) is 0 Å². The summed E-state index contributed by atoms with van der Waals surface area (Å²) in [5, 5.41) is 0. The van der Waals surface area contributed by atoms with Crippen molar-refractivity contribution < 1.29 is 4.79 Å². The van der Waals surface area contributed by atoms with Crippen LogP contribution < -0.4 is 0 Å². The molecular formula is C2H7NOSi. The van der Waals surface area contributed by atoms with Crippen LogP contribution in [0.1, 0.15) is 0 Å². The van der Waals surface area contributed by atoms with E-state index < -0.39 is 0 Å². The highest BCUT2D eigenvalue weighted by atomic mass is 28.1. The third kappa shape index (κ3) is 25.7. The molecule has 0 saturated heterocycles. The van der Waals surface area contributed by atoms with Gasteiger partial charge in [0, 0.05) is 7.05 Å². The molecule has 0 aromatic rings. The summed E-state index contributed by atoms with van der Waals surface area (Å²) in [7, 11) is 1.38. The Morgan fingerprint density at radius 2 is 2.00 bits per heavy atom. The Balaban J connectivity index is 0. The molecule has 0 heterocycles. The fourth-order valence-electron chi connectivity index (χ4n) is 0. The maximum absolute atomic E-state index is 8.88. The van der Waals surface area contributed by atoms with E-state index in [9.17, 15) is 0 Å². The Bertz CT molecular complexity index is 47.6. The van der Waals surface area contributed by atoms with E-state index in [1.54, 1.807) is 0 Å². The Hall–Kier alpha value is -0.403. The average molecular weight is 89.2 g/mol. The fourth-order valence-corrected chi connectivity index (χ4v) is 0. The van der Waals surface area contributed by atoms with Crippen LogP contribution in [0.4, 0.5) is 0 Å². The minimum atomic E-state index is 0. The molecule has 0 amide bonds. The minimum absolute atomic E-state index is 0. The van der Waals surface area contributed by atoms with Gasteiger partial charge in [-0.25, -0.2) is 9.79 Å². The zero-order valence-electron chi connectivity index (χ0n) is 2.36. The molecule has 0 radical (unpaired) electrons. The molecule has 0 saturated carbocycles. The highest BCUT2D eigenvalue weighted by molar-refractivity contribution is 5.75. The third-order valence-electron chi connectivity index (χ3n) is 0.0913. The zero-order valence-corrected chi connectivity index (χ0v) is 2.36. The summed E-state index contributed by atoms with van der Waals surface area (Å²) >= 11 is 0. The summed E-state index contributed by atoms with van der Waals surface area (Å²) in [6, 6.07) is 0. The summed E-state index contributed by atoms with van der Waals surface area (Å²) in [5.74, 6) is 0. The molecule has 30 valence electrons. The predicted molar refractivity (Wildman–Crippen MR) is 25.4 cm³/mol. The molecule has 0 rings (SSSR count). The van der Waals surface area contributed by atoms with Crippen molar-refractivity contribution in [3.05, 3.63) is 0 Å². The van der Waals surface area contributed by atoms with Crippen molar-refractivity contribution in [2.75, 3.05) is 7.05 Å². The van der Waals surface area contributed by atoms with E-state index >= 15 is 0 Å². The van der Waals surface area contributed by atoms with Crippen molar-refractivity contribution in [3.8, 4) is 0 Å². The topological polar surface area (TPSA) is 29.4 Å². The van der Waals surface area contributed by atoms with Crippen molar-refractivity contribution in [1.29, 1.82) is 0 Å². The van der Waals surface area contributed by atoms with Gasteiger partial charge in [-0.05, 0) is 11.0 Å². The number of aliphatic imine (C=N–C) groups is 1. The van der Waals surface area contributed by atoms with E-state index in [0.717, 1.165) is 0 Å². The monoisotopic (exact) mass is 89.0 g/mol. The molecule has 0 N–H and O–H groups in total. The Morgan fingerprint density at radius 3 is 2.00 bits per heavy atom. The molecule has 0 aliphatic carbocycles. The summed E-state index contributed by atoms with van der Waals surface area (Å²) in [6.45, 7) is 0. The van der Waals surface area contributed by atoms with E-state index in [-0.39, 0.29) is 11.0 Å². The zero-order chi connectivity index (χ0) is 3.41. The smallest absolute Gasteiger partial charge is 0.211 e. The lowest BCUT2D eigenvalue weighted by Gasteiger charge is -1.36. The normalized spacial score (nSPS) is 3.40. The molecule has 0 aliphatic rings. The van der Waals surface area contributed by atoms with E-state index in [1.807, 2.05) is 0 Å². The molecule has 0 spiro atoms. The quantitative estimate of drug-likeness (QED) is 0.202. The van der Waals surface area contributed by atoms with E-state index in [4.69, 9.17) is 4.79 Å². The second-order valence-corrected chi connectivity index (χ2v) is 0.315. The largest absolute Gasteiger partial charge is 0.234 e. The van der Waals surface area contributed by atoms with Gasteiger partial charge in [0.15, 0.2) is 0 Å². The molecule has 0 aromatic carbocycles. The summed E-state index contributed by atoms with van der Waals surface area (Å²) in [5.41, 5.74) is 0. The number of isocyanates is 1. The number of hydrogen-bond donors (Lipinski definition) is 0. The van der Waals surface area contributed by atoms with Crippen LogP contribution in [0.25, 0.3) is 0 Å². The van der Waals surface area contributed by atoms with Crippen LogP contribution in [0.3, 0.4) is 0 Å². The second kappa shape index (κ2) is 9.51. The van der Waals surface area contributed by atoms with Crippen LogP contribution in [0, 0.1) is 0 Å². The van der Waals surface area contributed by atoms with Gasteiger partial charge in [0.2, 0.25) is 6.08 Å². The molecule has 0 fully saturated rings. The van der Waals surface area contributed by atoms with Crippen molar-refractivity contribution in [2.45, 2.75) is 0 Å². The first-order valence-electron chi connectivity index (χ1n) is 0.875. The molecule has 3 heteroatoms. The maximum atomic E-state index is 8.88. The van der Waals surface area contributed by atoms with Gasteiger partial charge in [0.1, 0.15) is 0 Å². The molecule has 0 aromatic heterocycles. The van der Waals surface area contributed by atoms with Gasteiger partial charge in [-0.1, -0.05) is 0 Å². The van der Waals surface area contributed by atoms with Gasteiger partial charge in [0.25, 0.3) is 0 Å². The highest BCUT2D eigenvalue weighted by Crippen LogP contribution is 1.28. The lowest BCUT2D eigenvalue weighted by Crippen LogP contribution is -1.38. The van der Waals surface area contributed by atoms with Gasteiger partial charge < -0.3 is 0 Å². The standard InChI is InChI=1S/C2H3NO.H4Si/c1-3-2-4;/h1H3;1H4. The van der Waals surface area contributed by atoms with Gasteiger partial charge in [0.05, 0.1) is 0 Å². The van der Waals surface area contributed by atoms with Crippen LogP contribution in [-0.4, -0.2) is 24.1 Å². The fraction of sp³-hybridized carbons (Fsp3) is 0.500. The van der Waals surface area contributed by atoms with Crippen molar-refractivity contribution in [1.82, 2.24) is 0 Å². The van der Waals surface area contributed by atoms with Crippen molar-refractivity contribution in [2.24, 2.45) is 4.99 Å². The number of nitrogens with zero attached hydrogens (tertiary/aromatic N) is 1.